The number of likely N-dealkylation sites (N-methyl/N-ethyl adjacent to an activating group) is 1. The van der Waals surface area contributed by atoms with Gasteiger partial charge in [-0.25, -0.2) is 4.57 Å². The molecule has 0 spiro atoms. The topological polar surface area (TPSA) is 105 Å². The predicted molar refractivity (Wildman–Crippen MR) is 235 cm³/mol. The van der Waals surface area contributed by atoms with Crippen molar-refractivity contribution in [3.63, 3.8) is 0 Å². The van der Waals surface area contributed by atoms with Crippen molar-refractivity contribution in [1.29, 1.82) is 0 Å². The van der Waals surface area contributed by atoms with Gasteiger partial charge in [0, 0.05) is 6.42 Å². The summed E-state index contributed by atoms with van der Waals surface area (Å²) in [6.45, 7) is 4.79. The zero-order valence-corrected chi connectivity index (χ0v) is 37.8. The van der Waals surface area contributed by atoms with Crippen molar-refractivity contribution in [2.75, 3.05) is 40.9 Å². The molecule has 55 heavy (non-hydrogen) atoms. The molecular weight excluding hydrogens is 707 g/mol. The third-order valence-corrected chi connectivity index (χ3v) is 11.4. The number of rotatable bonds is 42. The molecule has 0 bridgehead atoms. The molecule has 0 aliphatic carbocycles. The van der Waals surface area contributed by atoms with Crippen LogP contribution in [0.1, 0.15) is 213 Å². The van der Waals surface area contributed by atoms with Gasteiger partial charge < -0.3 is 19.8 Å². The zero-order chi connectivity index (χ0) is 40.7. The van der Waals surface area contributed by atoms with Crippen LogP contribution in [0.2, 0.25) is 0 Å². The Morgan fingerprint density at radius 1 is 0.600 bits per heavy atom. The second-order valence-electron chi connectivity index (χ2n) is 17.1. The molecule has 0 aliphatic rings. The van der Waals surface area contributed by atoms with Crippen LogP contribution < -0.4 is 5.32 Å². The second kappa shape index (κ2) is 38.5. The van der Waals surface area contributed by atoms with Gasteiger partial charge in [0.1, 0.15) is 13.2 Å². The predicted octanol–water partition coefficient (Wildman–Crippen LogP) is 12.9. The van der Waals surface area contributed by atoms with Crippen LogP contribution in [0.15, 0.2) is 24.3 Å². The fraction of sp³-hybridized carbons (Fsp3) is 0.891. The molecule has 0 fully saturated rings. The number of carbonyl (C=O) groups is 1. The smallest absolute Gasteiger partial charge is 0.387 e. The van der Waals surface area contributed by atoms with Crippen molar-refractivity contribution in [1.82, 2.24) is 5.32 Å². The van der Waals surface area contributed by atoms with Crippen LogP contribution in [0.25, 0.3) is 0 Å². The third kappa shape index (κ3) is 41.0. The van der Waals surface area contributed by atoms with Crippen molar-refractivity contribution in [3.8, 4) is 0 Å². The van der Waals surface area contributed by atoms with Crippen molar-refractivity contribution >= 4 is 13.7 Å². The summed E-state index contributed by atoms with van der Waals surface area (Å²) in [6, 6.07) is -0.857. The highest BCUT2D eigenvalue weighted by atomic mass is 31.2. The van der Waals surface area contributed by atoms with E-state index in [-0.39, 0.29) is 19.1 Å². The summed E-state index contributed by atoms with van der Waals surface area (Å²) in [7, 11) is 1.56. The molecular formula is C46H92N2O6P+. The Morgan fingerprint density at radius 3 is 1.45 bits per heavy atom. The highest BCUT2D eigenvalue weighted by Crippen LogP contribution is 2.43. The first-order valence-electron chi connectivity index (χ1n) is 23.2. The number of allylic oxidation sites excluding steroid dienone is 3. The first-order valence-corrected chi connectivity index (χ1v) is 24.7. The van der Waals surface area contributed by atoms with Crippen LogP contribution in [0, 0.1) is 0 Å². The Labute approximate surface area is 341 Å². The van der Waals surface area contributed by atoms with Crippen LogP contribution in [0.3, 0.4) is 0 Å². The van der Waals surface area contributed by atoms with Crippen LogP contribution >= 0.6 is 7.82 Å². The highest BCUT2D eigenvalue weighted by Gasteiger charge is 2.27. The number of phosphoric ester groups is 1. The quantitative estimate of drug-likeness (QED) is 0.0246. The summed E-state index contributed by atoms with van der Waals surface area (Å²) in [4.78, 5) is 23.1. The van der Waals surface area contributed by atoms with Gasteiger partial charge >= 0.3 is 7.82 Å². The largest absolute Gasteiger partial charge is 0.472 e. The lowest BCUT2D eigenvalue weighted by atomic mass is 10.0. The maximum Gasteiger partial charge on any atom is 0.472 e. The molecule has 1 unspecified atom stereocenters. The normalized spacial score (nSPS) is 14.5. The van der Waals surface area contributed by atoms with Crippen molar-refractivity contribution in [3.05, 3.63) is 24.3 Å². The second-order valence-corrected chi connectivity index (χ2v) is 18.6. The monoisotopic (exact) mass is 800 g/mol. The van der Waals surface area contributed by atoms with Crippen LogP contribution in [-0.4, -0.2) is 73.4 Å². The average Bonchev–Trinajstić information content (AvgIpc) is 3.13. The molecule has 0 heterocycles. The minimum atomic E-state index is -4.34. The highest BCUT2D eigenvalue weighted by molar-refractivity contribution is 7.47. The van der Waals surface area contributed by atoms with E-state index >= 15 is 0 Å². The lowest BCUT2D eigenvalue weighted by molar-refractivity contribution is -0.870. The molecule has 0 aromatic carbocycles. The summed E-state index contributed by atoms with van der Waals surface area (Å²) in [5, 5.41) is 13.8. The van der Waals surface area contributed by atoms with E-state index in [2.05, 4.69) is 31.3 Å². The van der Waals surface area contributed by atoms with E-state index in [1.807, 2.05) is 27.2 Å². The number of nitrogens with zero attached hydrogens (tertiary/aromatic N) is 1. The fourth-order valence-electron chi connectivity index (χ4n) is 6.70. The van der Waals surface area contributed by atoms with E-state index in [1.54, 1.807) is 6.08 Å². The van der Waals surface area contributed by atoms with E-state index in [0.29, 0.717) is 17.4 Å². The number of aliphatic hydroxyl groups excluding tert-OH is 1. The van der Waals surface area contributed by atoms with Gasteiger partial charge in [-0.2, -0.15) is 0 Å². The first-order chi connectivity index (χ1) is 26.5. The van der Waals surface area contributed by atoms with Gasteiger partial charge in [0.2, 0.25) is 5.91 Å². The number of carbonyl (C=O) groups excluding carboxylic acids is 1. The molecule has 326 valence electrons. The summed E-state index contributed by atoms with van der Waals surface area (Å²) >= 11 is 0. The Kier molecular flexibility index (Phi) is 37.8. The minimum Gasteiger partial charge on any atom is -0.387 e. The Morgan fingerprint density at radius 2 is 1.00 bits per heavy atom. The van der Waals surface area contributed by atoms with Crippen LogP contribution in [0.4, 0.5) is 0 Å². The van der Waals surface area contributed by atoms with Gasteiger partial charge in [-0.1, -0.05) is 199 Å². The minimum absolute atomic E-state index is 0.0582. The maximum absolute atomic E-state index is 12.9. The maximum atomic E-state index is 12.9. The summed E-state index contributed by atoms with van der Waals surface area (Å²) < 4.78 is 23.5. The van der Waals surface area contributed by atoms with Gasteiger partial charge in [-0.3, -0.25) is 13.8 Å². The van der Waals surface area contributed by atoms with E-state index in [4.69, 9.17) is 9.05 Å². The Balaban J connectivity index is 4.34. The molecule has 3 N–H and O–H groups in total. The lowest BCUT2D eigenvalue weighted by Gasteiger charge is -2.25. The number of nitrogens with one attached hydrogen (secondary N) is 1. The number of hydrogen-bond acceptors (Lipinski definition) is 5. The molecule has 0 radical (unpaired) electrons. The van der Waals surface area contributed by atoms with Gasteiger partial charge in [0.25, 0.3) is 0 Å². The number of unbranched alkanes of at least 4 members (excludes halogenated alkanes) is 27. The number of phosphoric acid groups is 1. The fourth-order valence-corrected chi connectivity index (χ4v) is 7.44. The molecule has 8 nitrogen and oxygen atoms in total. The van der Waals surface area contributed by atoms with E-state index in [0.717, 1.165) is 38.5 Å². The van der Waals surface area contributed by atoms with E-state index < -0.39 is 20.0 Å². The molecule has 0 aliphatic heterocycles. The molecule has 0 rings (SSSR count). The number of quaternary nitrogens is 1. The average molecular weight is 800 g/mol. The van der Waals surface area contributed by atoms with E-state index in [1.165, 1.54) is 154 Å². The van der Waals surface area contributed by atoms with Crippen molar-refractivity contribution < 1.29 is 32.9 Å². The molecule has 1 amide bonds. The lowest BCUT2D eigenvalue weighted by Crippen LogP contribution is -2.45. The van der Waals surface area contributed by atoms with Gasteiger partial charge in [-0.05, 0) is 32.1 Å². The molecule has 0 saturated carbocycles. The van der Waals surface area contributed by atoms with Crippen LogP contribution in [-0.2, 0) is 18.4 Å². The summed E-state index contributed by atoms with van der Waals surface area (Å²) in [6.07, 6.45) is 45.4. The van der Waals surface area contributed by atoms with Gasteiger partial charge in [-0.15, -0.1) is 0 Å². The summed E-state index contributed by atoms with van der Waals surface area (Å²) in [5.41, 5.74) is 0. The third-order valence-electron chi connectivity index (χ3n) is 10.4. The number of amides is 1. The molecule has 0 saturated heterocycles. The molecule has 0 aromatic rings. The molecule has 9 heteroatoms. The SMILES string of the molecule is CCCCCCCCC/C=C/CC/C=C/[C@H](O)[C@@H](COP(=O)(O)OCC[N+](C)(C)C)NC(=O)CCCCCCCCCCCCCCCCCCCCCC. The number of aliphatic hydroxyl groups is 1. The number of hydrogen-bond donors (Lipinski definition) is 3. The zero-order valence-electron chi connectivity index (χ0n) is 36.9. The first kappa shape index (κ1) is 54.0. The van der Waals surface area contributed by atoms with Gasteiger partial charge in [0.15, 0.2) is 0 Å². The standard InChI is InChI=1S/C46H91N2O6P/c1-6-8-10-12-14-16-18-20-21-22-23-24-25-26-28-30-32-34-36-38-40-46(50)47-44(43-54-55(51,52)53-42-41-48(3,4)5)45(49)39-37-35-33-31-29-27-19-17-15-13-11-9-7-2/h29,31,37,39,44-45,49H,6-28,30,32-36,38,40-43H2,1-5H3,(H-,47,50,51,52)/p+1/b31-29+,39-37+/t44-,45+/m1/s1. The Hall–Kier alpha value is -1.02. The van der Waals surface area contributed by atoms with E-state index in [9.17, 15) is 19.4 Å². The van der Waals surface area contributed by atoms with Gasteiger partial charge in [0.05, 0.1) is 39.9 Å². The molecule has 0 aromatic heterocycles. The Bertz CT molecular complexity index is 953. The molecule has 3 atom stereocenters. The van der Waals surface area contributed by atoms with Crippen molar-refractivity contribution in [2.24, 2.45) is 0 Å². The summed E-state index contributed by atoms with van der Waals surface area (Å²) in [5.74, 6) is -0.185. The van der Waals surface area contributed by atoms with Crippen molar-refractivity contribution in [2.45, 2.75) is 225 Å². The van der Waals surface area contributed by atoms with Crippen LogP contribution in [0.5, 0.6) is 0 Å².